The summed E-state index contributed by atoms with van der Waals surface area (Å²) in [7, 11) is 0. The molecule has 2 aromatic rings. The SMILES string of the molecule is CC(Cl)(Cn1ccnc1)c1ccc(Cl)cc1Cl.Cl. The lowest BCUT2D eigenvalue weighted by Gasteiger charge is -2.24. The van der Waals surface area contributed by atoms with E-state index in [1.165, 1.54) is 0 Å². The van der Waals surface area contributed by atoms with Gasteiger partial charge in [-0.3, -0.25) is 0 Å². The van der Waals surface area contributed by atoms with Crippen LogP contribution < -0.4 is 0 Å². The van der Waals surface area contributed by atoms with Crippen LogP contribution in [0.15, 0.2) is 36.9 Å². The molecule has 0 N–H and O–H groups in total. The molecule has 0 aliphatic carbocycles. The fourth-order valence-electron chi connectivity index (χ4n) is 1.72. The third-order valence-electron chi connectivity index (χ3n) is 2.53. The molecular weight excluding hydrogens is 314 g/mol. The van der Waals surface area contributed by atoms with Crippen LogP contribution in [0.25, 0.3) is 0 Å². The highest BCUT2D eigenvalue weighted by atomic mass is 35.5. The van der Waals surface area contributed by atoms with E-state index in [0.717, 1.165) is 5.56 Å². The van der Waals surface area contributed by atoms with Crippen LogP contribution in [0.4, 0.5) is 0 Å². The second kappa shape index (κ2) is 6.16. The minimum absolute atomic E-state index is 0. The second-order valence-electron chi connectivity index (χ2n) is 4.06. The zero-order chi connectivity index (χ0) is 12.5. The highest BCUT2D eigenvalue weighted by Crippen LogP contribution is 2.36. The predicted octanol–water partition coefficient (Wildman–Crippen LogP) is 4.77. The third kappa shape index (κ3) is 3.55. The van der Waals surface area contributed by atoms with Crippen LogP contribution in [0.3, 0.4) is 0 Å². The number of halogens is 4. The van der Waals surface area contributed by atoms with Gasteiger partial charge in [-0.25, -0.2) is 4.98 Å². The smallest absolute Gasteiger partial charge is 0.0946 e. The molecule has 0 saturated heterocycles. The van der Waals surface area contributed by atoms with Crippen LogP contribution in [0.2, 0.25) is 10.0 Å². The highest BCUT2D eigenvalue weighted by Gasteiger charge is 2.26. The molecule has 1 aromatic carbocycles. The Morgan fingerprint density at radius 3 is 2.61 bits per heavy atom. The lowest BCUT2D eigenvalue weighted by atomic mass is 10.00. The van der Waals surface area contributed by atoms with Gasteiger partial charge in [-0.1, -0.05) is 29.3 Å². The molecule has 0 bridgehead atoms. The first-order valence-corrected chi connectivity index (χ1v) is 6.22. The van der Waals surface area contributed by atoms with E-state index in [1.54, 1.807) is 24.7 Å². The molecule has 2 rings (SSSR count). The fraction of sp³-hybridized carbons (Fsp3) is 0.250. The summed E-state index contributed by atoms with van der Waals surface area (Å²) in [6.07, 6.45) is 5.31. The van der Waals surface area contributed by atoms with Crippen molar-refractivity contribution in [3.8, 4) is 0 Å². The van der Waals surface area contributed by atoms with Gasteiger partial charge < -0.3 is 4.57 Å². The minimum atomic E-state index is -0.595. The van der Waals surface area contributed by atoms with Crippen molar-refractivity contribution in [1.29, 1.82) is 0 Å². The molecule has 0 radical (unpaired) electrons. The summed E-state index contributed by atoms with van der Waals surface area (Å²) in [5, 5.41) is 1.18. The van der Waals surface area contributed by atoms with Crippen LogP contribution in [0.1, 0.15) is 12.5 Å². The Bertz CT molecular complexity index is 509. The highest BCUT2D eigenvalue weighted by molar-refractivity contribution is 6.36. The van der Waals surface area contributed by atoms with E-state index in [1.807, 2.05) is 23.8 Å². The van der Waals surface area contributed by atoms with E-state index in [0.29, 0.717) is 16.6 Å². The van der Waals surface area contributed by atoms with Crippen molar-refractivity contribution in [3.05, 3.63) is 52.5 Å². The summed E-state index contributed by atoms with van der Waals surface area (Å²) in [6, 6.07) is 5.35. The molecule has 1 atom stereocenters. The van der Waals surface area contributed by atoms with Crippen LogP contribution in [0, 0.1) is 0 Å². The molecule has 6 heteroatoms. The van der Waals surface area contributed by atoms with Gasteiger partial charge in [0.1, 0.15) is 0 Å². The molecule has 2 nitrogen and oxygen atoms in total. The van der Waals surface area contributed by atoms with Gasteiger partial charge in [0.05, 0.1) is 11.2 Å². The monoisotopic (exact) mass is 324 g/mol. The summed E-state index contributed by atoms with van der Waals surface area (Å²) < 4.78 is 1.91. The second-order valence-corrected chi connectivity index (χ2v) is 5.73. The zero-order valence-electron chi connectivity index (χ0n) is 9.61. The number of aromatic nitrogens is 2. The number of imidazole rings is 1. The quantitative estimate of drug-likeness (QED) is 0.743. The van der Waals surface area contributed by atoms with E-state index in [2.05, 4.69) is 4.98 Å². The topological polar surface area (TPSA) is 17.8 Å². The summed E-state index contributed by atoms with van der Waals surface area (Å²) >= 11 is 18.6. The number of hydrogen-bond acceptors (Lipinski definition) is 1. The predicted molar refractivity (Wildman–Crippen MR) is 79.1 cm³/mol. The van der Waals surface area contributed by atoms with Crippen molar-refractivity contribution < 1.29 is 0 Å². The Labute approximate surface area is 127 Å². The average molecular weight is 326 g/mol. The van der Waals surface area contributed by atoms with Crippen molar-refractivity contribution in [2.24, 2.45) is 0 Å². The van der Waals surface area contributed by atoms with E-state index < -0.39 is 4.87 Å². The number of nitrogens with zero attached hydrogens (tertiary/aromatic N) is 2. The van der Waals surface area contributed by atoms with Gasteiger partial charge in [-0.05, 0) is 24.6 Å². The van der Waals surface area contributed by atoms with Gasteiger partial charge in [0.15, 0.2) is 0 Å². The lowest BCUT2D eigenvalue weighted by molar-refractivity contribution is 0.540. The minimum Gasteiger partial charge on any atom is -0.335 e. The molecule has 1 unspecified atom stereocenters. The molecule has 0 spiro atoms. The van der Waals surface area contributed by atoms with Crippen molar-refractivity contribution in [1.82, 2.24) is 9.55 Å². The molecule has 1 aromatic heterocycles. The molecule has 0 aliphatic rings. The van der Waals surface area contributed by atoms with Crippen LogP contribution in [-0.4, -0.2) is 9.55 Å². The molecule has 18 heavy (non-hydrogen) atoms. The number of benzene rings is 1. The van der Waals surface area contributed by atoms with Gasteiger partial charge in [0.25, 0.3) is 0 Å². The molecule has 1 heterocycles. The largest absolute Gasteiger partial charge is 0.335 e. The van der Waals surface area contributed by atoms with Gasteiger partial charge in [-0.2, -0.15) is 0 Å². The van der Waals surface area contributed by atoms with Gasteiger partial charge in [-0.15, -0.1) is 24.0 Å². The molecule has 0 fully saturated rings. The summed E-state index contributed by atoms with van der Waals surface area (Å²) in [4.78, 5) is 3.39. The number of hydrogen-bond donors (Lipinski definition) is 0. The van der Waals surface area contributed by atoms with Crippen molar-refractivity contribution in [2.45, 2.75) is 18.3 Å². The fourth-order valence-corrected chi connectivity index (χ4v) is 2.69. The average Bonchev–Trinajstić information content (AvgIpc) is 2.68. The molecule has 0 amide bonds. The van der Waals surface area contributed by atoms with E-state index in [9.17, 15) is 0 Å². The van der Waals surface area contributed by atoms with Crippen LogP contribution >= 0.6 is 47.2 Å². The summed E-state index contributed by atoms with van der Waals surface area (Å²) in [5.74, 6) is 0. The summed E-state index contributed by atoms with van der Waals surface area (Å²) in [5.41, 5.74) is 0.860. The van der Waals surface area contributed by atoms with Gasteiger partial charge >= 0.3 is 0 Å². The maximum Gasteiger partial charge on any atom is 0.0946 e. The maximum absolute atomic E-state index is 6.53. The van der Waals surface area contributed by atoms with Crippen LogP contribution in [-0.2, 0) is 11.4 Å². The maximum atomic E-state index is 6.53. The molecule has 0 aliphatic heterocycles. The van der Waals surface area contributed by atoms with E-state index >= 15 is 0 Å². The van der Waals surface area contributed by atoms with E-state index in [4.69, 9.17) is 34.8 Å². The standard InChI is InChI=1S/C12H11Cl3N2.ClH/c1-12(15,7-17-5-4-16-8-17)10-3-2-9(13)6-11(10)14;/h2-6,8H,7H2,1H3;1H. The first kappa shape index (κ1) is 15.6. The zero-order valence-corrected chi connectivity index (χ0v) is 12.7. The Hall–Kier alpha value is -0.410. The number of rotatable bonds is 3. The van der Waals surface area contributed by atoms with Gasteiger partial charge in [0, 0.05) is 29.0 Å². The first-order chi connectivity index (χ1) is 7.99. The summed E-state index contributed by atoms with van der Waals surface area (Å²) in [6.45, 7) is 2.51. The molecule has 0 saturated carbocycles. The van der Waals surface area contributed by atoms with Crippen molar-refractivity contribution in [2.75, 3.05) is 0 Å². The number of alkyl halides is 1. The van der Waals surface area contributed by atoms with Crippen LogP contribution in [0.5, 0.6) is 0 Å². The molecular formula is C12H12Cl4N2. The Morgan fingerprint density at radius 1 is 1.33 bits per heavy atom. The molecule has 98 valence electrons. The Morgan fingerprint density at radius 2 is 2.06 bits per heavy atom. The third-order valence-corrected chi connectivity index (χ3v) is 3.40. The van der Waals surface area contributed by atoms with Crippen molar-refractivity contribution in [3.63, 3.8) is 0 Å². The Balaban J connectivity index is 0.00000162. The lowest BCUT2D eigenvalue weighted by Crippen LogP contribution is -2.21. The first-order valence-electron chi connectivity index (χ1n) is 5.09. The van der Waals surface area contributed by atoms with E-state index in [-0.39, 0.29) is 12.4 Å². The van der Waals surface area contributed by atoms with Gasteiger partial charge in [0.2, 0.25) is 0 Å². The normalized spacial score (nSPS) is 13.8. The van der Waals surface area contributed by atoms with Crippen molar-refractivity contribution >= 4 is 47.2 Å². The Kier molecular flexibility index (Phi) is 5.35.